The van der Waals surface area contributed by atoms with Crippen molar-refractivity contribution in [1.82, 2.24) is 5.32 Å². The van der Waals surface area contributed by atoms with E-state index in [4.69, 9.17) is 0 Å². The lowest BCUT2D eigenvalue weighted by Gasteiger charge is -2.30. The van der Waals surface area contributed by atoms with E-state index in [0.29, 0.717) is 12.3 Å². The average Bonchev–Trinajstić information content (AvgIpc) is 2.46. The summed E-state index contributed by atoms with van der Waals surface area (Å²) < 4.78 is 0. The van der Waals surface area contributed by atoms with E-state index in [1.807, 2.05) is 0 Å². The fraction of sp³-hybridized carbons (Fsp3) is 0.875. The molecule has 0 spiro atoms. The Kier molecular flexibility index (Phi) is 5.44. The van der Waals surface area contributed by atoms with Crippen LogP contribution in [0.2, 0.25) is 0 Å². The van der Waals surface area contributed by atoms with Gasteiger partial charge in [0.2, 0.25) is 5.91 Å². The largest absolute Gasteiger partial charge is 0.481 e. The summed E-state index contributed by atoms with van der Waals surface area (Å²) in [7, 11) is 0. The predicted octanol–water partition coefficient (Wildman–Crippen LogP) is 2.82. The maximum atomic E-state index is 12.2. The number of nitrogens with one attached hydrogen (secondary N) is 1. The van der Waals surface area contributed by atoms with E-state index in [1.54, 1.807) is 0 Å². The predicted molar refractivity (Wildman–Crippen MR) is 77.2 cm³/mol. The molecule has 0 aliphatic heterocycles. The zero-order valence-corrected chi connectivity index (χ0v) is 12.4. The molecule has 0 aromatic heterocycles. The Morgan fingerprint density at radius 2 is 1.60 bits per heavy atom. The first-order valence-electron chi connectivity index (χ1n) is 8.08. The topological polar surface area (TPSA) is 66.4 Å². The molecule has 2 atom stereocenters. The molecule has 0 aromatic rings. The third-order valence-electron chi connectivity index (χ3n) is 5.12. The lowest BCUT2D eigenvalue weighted by atomic mass is 9.78. The molecule has 20 heavy (non-hydrogen) atoms. The van der Waals surface area contributed by atoms with Crippen molar-refractivity contribution < 1.29 is 14.7 Å². The number of aliphatic carboxylic acids is 1. The van der Waals surface area contributed by atoms with Gasteiger partial charge in [-0.1, -0.05) is 32.6 Å². The van der Waals surface area contributed by atoms with Crippen molar-refractivity contribution in [3.8, 4) is 0 Å². The van der Waals surface area contributed by atoms with Gasteiger partial charge in [0.25, 0.3) is 0 Å². The molecule has 0 radical (unpaired) electrons. The smallest absolute Gasteiger partial charge is 0.307 e. The summed E-state index contributed by atoms with van der Waals surface area (Å²) in [4.78, 5) is 23.5. The number of carboxylic acids is 1. The molecule has 0 saturated heterocycles. The highest BCUT2D eigenvalue weighted by molar-refractivity contribution is 5.84. The molecule has 2 aliphatic rings. The van der Waals surface area contributed by atoms with Gasteiger partial charge in [0.05, 0.1) is 11.8 Å². The zero-order chi connectivity index (χ0) is 14.5. The first-order chi connectivity index (χ1) is 9.58. The minimum absolute atomic E-state index is 0.0317. The Bertz CT molecular complexity index is 348. The summed E-state index contributed by atoms with van der Waals surface area (Å²) in [6.45, 7) is 3.02. The second-order valence-electron chi connectivity index (χ2n) is 6.71. The summed E-state index contributed by atoms with van der Waals surface area (Å²) >= 11 is 0. The maximum Gasteiger partial charge on any atom is 0.307 e. The van der Waals surface area contributed by atoms with E-state index in [0.717, 1.165) is 31.7 Å². The SMILES string of the molecule is CC1CCC(CNC(=O)[C@@H]2CCCC[C@@H]2C(=O)O)CC1. The first kappa shape index (κ1) is 15.3. The molecular formula is C16H27NO3. The molecule has 2 rings (SSSR count). The Balaban J connectivity index is 1.79. The summed E-state index contributed by atoms with van der Waals surface area (Å²) in [5.41, 5.74) is 0. The van der Waals surface area contributed by atoms with Crippen LogP contribution in [0.15, 0.2) is 0 Å². The lowest BCUT2D eigenvalue weighted by molar-refractivity contribution is -0.149. The quantitative estimate of drug-likeness (QED) is 0.832. The maximum absolute atomic E-state index is 12.2. The summed E-state index contributed by atoms with van der Waals surface area (Å²) in [5.74, 6) is -0.232. The summed E-state index contributed by atoms with van der Waals surface area (Å²) in [6, 6.07) is 0. The van der Waals surface area contributed by atoms with Crippen molar-refractivity contribution in [1.29, 1.82) is 0 Å². The fourth-order valence-electron chi connectivity index (χ4n) is 3.65. The minimum atomic E-state index is -0.809. The highest BCUT2D eigenvalue weighted by atomic mass is 16.4. The van der Waals surface area contributed by atoms with Gasteiger partial charge in [0, 0.05) is 6.54 Å². The first-order valence-corrected chi connectivity index (χ1v) is 8.08. The number of hydrogen-bond acceptors (Lipinski definition) is 2. The minimum Gasteiger partial charge on any atom is -0.481 e. The van der Waals surface area contributed by atoms with Crippen LogP contribution in [0, 0.1) is 23.7 Å². The Hall–Kier alpha value is -1.06. The van der Waals surface area contributed by atoms with Crippen molar-refractivity contribution in [2.45, 2.75) is 58.3 Å². The van der Waals surface area contributed by atoms with E-state index < -0.39 is 11.9 Å². The molecular weight excluding hydrogens is 254 g/mol. The van der Waals surface area contributed by atoms with Crippen molar-refractivity contribution in [2.75, 3.05) is 6.54 Å². The lowest BCUT2D eigenvalue weighted by Crippen LogP contribution is -2.41. The van der Waals surface area contributed by atoms with E-state index in [1.165, 1.54) is 25.7 Å². The van der Waals surface area contributed by atoms with Gasteiger partial charge in [0.1, 0.15) is 0 Å². The standard InChI is InChI=1S/C16H27NO3/c1-11-6-8-12(9-7-11)10-17-15(18)13-4-2-3-5-14(13)16(19)20/h11-14H,2-10H2,1H3,(H,17,18)(H,19,20)/t11?,12?,13-,14+/m1/s1. The van der Waals surface area contributed by atoms with E-state index in [2.05, 4.69) is 12.2 Å². The summed E-state index contributed by atoms with van der Waals surface area (Å²) in [5, 5.41) is 12.2. The third-order valence-corrected chi connectivity index (χ3v) is 5.12. The van der Waals surface area contributed by atoms with Crippen LogP contribution in [-0.4, -0.2) is 23.5 Å². The highest BCUT2D eigenvalue weighted by Crippen LogP contribution is 2.31. The van der Waals surface area contributed by atoms with E-state index in [9.17, 15) is 14.7 Å². The Morgan fingerprint density at radius 1 is 1.00 bits per heavy atom. The Labute approximate surface area is 121 Å². The monoisotopic (exact) mass is 281 g/mol. The van der Waals surface area contributed by atoms with Crippen LogP contribution in [-0.2, 0) is 9.59 Å². The summed E-state index contributed by atoms with van der Waals surface area (Å²) in [6.07, 6.45) is 8.16. The third kappa shape index (κ3) is 3.97. The fourth-order valence-corrected chi connectivity index (χ4v) is 3.65. The average molecular weight is 281 g/mol. The Morgan fingerprint density at radius 3 is 2.20 bits per heavy atom. The molecule has 2 fully saturated rings. The molecule has 4 nitrogen and oxygen atoms in total. The van der Waals surface area contributed by atoms with Crippen LogP contribution >= 0.6 is 0 Å². The molecule has 0 bridgehead atoms. The van der Waals surface area contributed by atoms with Crippen LogP contribution in [0.3, 0.4) is 0 Å². The number of carboxylic acid groups (broad SMARTS) is 1. The van der Waals surface area contributed by atoms with Crippen molar-refractivity contribution in [3.05, 3.63) is 0 Å². The van der Waals surface area contributed by atoms with Crippen LogP contribution in [0.25, 0.3) is 0 Å². The van der Waals surface area contributed by atoms with E-state index >= 15 is 0 Å². The molecule has 2 N–H and O–H groups in total. The molecule has 4 heteroatoms. The normalized spacial score (nSPS) is 34.5. The number of hydrogen-bond donors (Lipinski definition) is 2. The van der Waals surface area contributed by atoms with Gasteiger partial charge in [-0.2, -0.15) is 0 Å². The number of carbonyl (C=O) groups is 2. The number of amides is 1. The van der Waals surface area contributed by atoms with Crippen LogP contribution < -0.4 is 5.32 Å². The van der Waals surface area contributed by atoms with Gasteiger partial charge in [-0.3, -0.25) is 9.59 Å². The van der Waals surface area contributed by atoms with Crippen molar-refractivity contribution >= 4 is 11.9 Å². The van der Waals surface area contributed by atoms with Gasteiger partial charge < -0.3 is 10.4 Å². The van der Waals surface area contributed by atoms with Gasteiger partial charge in [0.15, 0.2) is 0 Å². The molecule has 0 unspecified atom stereocenters. The van der Waals surface area contributed by atoms with Gasteiger partial charge >= 0.3 is 5.97 Å². The van der Waals surface area contributed by atoms with Gasteiger partial charge in [-0.25, -0.2) is 0 Å². The van der Waals surface area contributed by atoms with Gasteiger partial charge in [-0.15, -0.1) is 0 Å². The molecule has 114 valence electrons. The zero-order valence-electron chi connectivity index (χ0n) is 12.4. The molecule has 0 heterocycles. The molecule has 2 saturated carbocycles. The second kappa shape index (κ2) is 7.09. The number of rotatable bonds is 4. The molecule has 2 aliphatic carbocycles. The van der Waals surface area contributed by atoms with Gasteiger partial charge in [-0.05, 0) is 37.5 Å². The molecule has 0 aromatic carbocycles. The van der Waals surface area contributed by atoms with Crippen molar-refractivity contribution in [3.63, 3.8) is 0 Å². The van der Waals surface area contributed by atoms with Crippen LogP contribution in [0.4, 0.5) is 0 Å². The van der Waals surface area contributed by atoms with E-state index in [-0.39, 0.29) is 11.8 Å². The van der Waals surface area contributed by atoms with Crippen LogP contribution in [0.1, 0.15) is 58.3 Å². The highest BCUT2D eigenvalue weighted by Gasteiger charge is 2.35. The van der Waals surface area contributed by atoms with Crippen LogP contribution in [0.5, 0.6) is 0 Å². The number of carbonyl (C=O) groups excluding carboxylic acids is 1. The molecule has 1 amide bonds. The van der Waals surface area contributed by atoms with Crippen molar-refractivity contribution in [2.24, 2.45) is 23.7 Å². The second-order valence-corrected chi connectivity index (χ2v) is 6.71.